The minimum Gasteiger partial charge on any atom is -0.507 e. The number of halogens is 1. The number of aromatic hydroxyl groups is 1. The van der Waals surface area contributed by atoms with Crippen molar-refractivity contribution in [1.82, 2.24) is 0 Å². The third-order valence-corrected chi connectivity index (χ3v) is 2.84. The van der Waals surface area contributed by atoms with Gasteiger partial charge in [0.1, 0.15) is 5.75 Å². The lowest BCUT2D eigenvalue weighted by molar-refractivity contribution is -0.136. The number of aliphatic imine (C=N–C) groups is 1. The van der Waals surface area contributed by atoms with E-state index >= 15 is 0 Å². The summed E-state index contributed by atoms with van der Waals surface area (Å²) in [6.07, 6.45) is 1.44. The van der Waals surface area contributed by atoms with E-state index in [1.54, 1.807) is 36.4 Å². The van der Waals surface area contributed by atoms with Crippen LogP contribution in [0.2, 0.25) is 5.02 Å². The molecule has 0 radical (unpaired) electrons. The number of aliphatic carboxylic acids is 1. The summed E-state index contributed by atoms with van der Waals surface area (Å²) in [5.41, 5.74) is 1.78. The Morgan fingerprint density at radius 3 is 2.80 bits per heavy atom. The highest BCUT2D eigenvalue weighted by molar-refractivity contribution is 6.30. The van der Waals surface area contributed by atoms with E-state index in [0.29, 0.717) is 21.8 Å². The Morgan fingerprint density at radius 2 is 2.05 bits per heavy atom. The van der Waals surface area contributed by atoms with Crippen LogP contribution < -0.4 is 0 Å². The van der Waals surface area contributed by atoms with E-state index in [-0.39, 0.29) is 12.2 Å². The van der Waals surface area contributed by atoms with Gasteiger partial charge in [0, 0.05) is 16.8 Å². The van der Waals surface area contributed by atoms with Crippen LogP contribution in [0, 0.1) is 0 Å². The van der Waals surface area contributed by atoms with Crippen LogP contribution >= 0.6 is 11.6 Å². The van der Waals surface area contributed by atoms with E-state index in [0.717, 1.165) is 0 Å². The summed E-state index contributed by atoms with van der Waals surface area (Å²) >= 11 is 5.84. The Bertz CT molecular complexity index is 668. The second kappa shape index (κ2) is 6.21. The highest BCUT2D eigenvalue weighted by Gasteiger charge is 2.02. The fourth-order valence-electron chi connectivity index (χ4n) is 1.69. The van der Waals surface area contributed by atoms with Gasteiger partial charge in [-0.1, -0.05) is 23.7 Å². The summed E-state index contributed by atoms with van der Waals surface area (Å²) in [6, 6.07) is 11.6. The molecule has 0 atom stereocenters. The molecule has 0 aliphatic heterocycles. The molecular formula is C15H12ClNO3. The summed E-state index contributed by atoms with van der Waals surface area (Å²) in [6.45, 7) is 0. The number of carboxylic acids is 1. The molecule has 4 nitrogen and oxygen atoms in total. The molecular weight excluding hydrogens is 278 g/mol. The van der Waals surface area contributed by atoms with E-state index in [4.69, 9.17) is 16.7 Å². The number of carboxylic acid groups (broad SMARTS) is 1. The monoisotopic (exact) mass is 289 g/mol. The van der Waals surface area contributed by atoms with Crippen molar-refractivity contribution in [2.75, 3.05) is 0 Å². The van der Waals surface area contributed by atoms with E-state index in [9.17, 15) is 9.90 Å². The molecule has 0 saturated heterocycles. The second-order valence-corrected chi connectivity index (χ2v) is 4.64. The predicted molar refractivity (Wildman–Crippen MR) is 78.2 cm³/mol. The third kappa shape index (κ3) is 3.83. The van der Waals surface area contributed by atoms with Gasteiger partial charge in [-0.3, -0.25) is 9.79 Å². The summed E-state index contributed by atoms with van der Waals surface area (Å²) in [5, 5.41) is 18.9. The van der Waals surface area contributed by atoms with E-state index in [1.165, 1.54) is 12.3 Å². The van der Waals surface area contributed by atoms with Gasteiger partial charge in [-0.25, -0.2) is 0 Å². The van der Waals surface area contributed by atoms with Crippen LogP contribution in [0.15, 0.2) is 47.5 Å². The number of phenolic OH excluding ortho intramolecular Hbond substituents is 1. The van der Waals surface area contributed by atoms with Gasteiger partial charge in [-0.15, -0.1) is 0 Å². The molecule has 2 aromatic carbocycles. The average Bonchev–Trinajstić information content (AvgIpc) is 2.39. The number of nitrogens with zero attached hydrogens (tertiary/aromatic N) is 1. The number of hydrogen-bond donors (Lipinski definition) is 2. The molecule has 0 fully saturated rings. The van der Waals surface area contributed by atoms with Crippen LogP contribution in [0.1, 0.15) is 11.1 Å². The van der Waals surface area contributed by atoms with Gasteiger partial charge in [0.2, 0.25) is 0 Å². The van der Waals surface area contributed by atoms with Gasteiger partial charge in [0.15, 0.2) is 0 Å². The molecule has 20 heavy (non-hydrogen) atoms. The molecule has 0 aliphatic rings. The number of benzene rings is 2. The largest absolute Gasteiger partial charge is 0.507 e. The fraction of sp³-hybridized carbons (Fsp3) is 0.0667. The number of hydrogen-bond acceptors (Lipinski definition) is 3. The number of phenols is 1. The Hall–Kier alpha value is -2.33. The van der Waals surface area contributed by atoms with Crippen LogP contribution in [0.25, 0.3) is 0 Å². The Morgan fingerprint density at radius 1 is 1.25 bits per heavy atom. The minimum absolute atomic E-state index is 0.0498. The number of rotatable bonds is 4. The predicted octanol–water partition coefficient (Wildman–Crippen LogP) is 3.42. The van der Waals surface area contributed by atoms with Crippen molar-refractivity contribution >= 4 is 29.5 Å². The molecule has 2 aromatic rings. The van der Waals surface area contributed by atoms with Crippen molar-refractivity contribution in [3.63, 3.8) is 0 Å². The van der Waals surface area contributed by atoms with Gasteiger partial charge in [0.05, 0.1) is 12.1 Å². The zero-order valence-corrected chi connectivity index (χ0v) is 11.2. The average molecular weight is 290 g/mol. The molecule has 0 unspecified atom stereocenters. The van der Waals surface area contributed by atoms with Crippen LogP contribution in [0.3, 0.4) is 0 Å². The molecule has 0 bridgehead atoms. The second-order valence-electron chi connectivity index (χ2n) is 4.20. The van der Waals surface area contributed by atoms with Gasteiger partial charge < -0.3 is 10.2 Å². The standard InChI is InChI=1S/C15H12ClNO3/c16-12-4-5-14(18)11(8-12)9-17-13-3-1-2-10(6-13)7-15(19)20/h1-6,8-9,18H,7H2,(H,19,20). The zero-order valence-electron chi connectivity index (χ0n) is 10.5. The van der Waals surface area contributed by atoms with E-state index < -0.39 is 5.97 Å². The molecule has 102 valence electrons. The van der Waals surface area contributed by atoms with Crippen molar-refractivity contribution in [1.29, 1.82) is 0 Å². The first-order valence-electron chi connectivity index (χ1n) is 5.88. The maximum atomic E-state index is 10.7. The fourth-order valence-corrected chi connectivity index (χ4v) is 1.87. The molecule has 0 aliphatic carbocycles. The summed E-state index contributed by atoms with van der Waals surface area (Å²) in [5.74, 6) is -0.807. The highest BCUT2D eigenvalue weighted by atomic mass is 35.5. The van der Waals surface area contributed by atoms with Crippen LogP contribution in [-0.4, -0.2) is 22.4 Å². The van der Waals surface area contributed by atoms with Crippen LogP contribution in [0.4, 0.5) is 5.69 Å². The molecule has 2 N–H and O–H groups in total. The Kier molecular flexibility index (Phi) is 4.38. The summed E-state index contributed by atoms with van der Waals surface area (Å²) in [4.78, 5) is 14.9. The van der Waals surface area contributed by atoms with E-state index in [1.807, 2.05) is 0 Å². The smallest absolute Gasteiger partial charge is 0.307 e. The molecule has 2 rings (SSSR count). The first-order chi connectivity index (χ1) is 9.54. The van der Waals surface area contributed by atoms with Crippen LogP contribution in [-0.2, 0) is 11.2 Å². The maximum Gasteiger partial charge on any atom is 0.307 e. The van der Waals surface area contributed by atoms with Gasteiger partial charge in [0.25, 0.3) is 0 Å². The van der Waals surface area contributed by atoms with Crippen molar-refractivity contribution in [2.24, 2.45) is 4.99 Å². The normalized spacial score (nSPS) is 10.8. The summed E-state index contributed by atoms with van der Waals surface area (Å²) in [7, 11) is 0. The van der Waals surface area contributed by atoms with Gasteiger partial charge in [-0.2, -0.15) is 0 Å². The Labute approximate surface area is 121 Å². The quantitative estimate of drug-likeness (QED) is 0.847. The molecule has 0 saturated carbocycles. The zero-order chi connectivity index (χ0) is 14.5. The minimum atomic E-state index is -0.890. The lowest BCUT2D eigenvalue weighted by Gasteiger charge is -2.01. The molecule has 5 heteroatoms. The van der Waals surface area contributed by atoms with Crippen molar-refractivity contribution < 1.29 is 15.0 Å². The first-order valence-corrected chi connectivity index (χ1v) is 6.26. The van der Waals surface area contributed by atoms with Crippen molar-refractivity contribution in [3.05, 3.63) is 58.6 Å². The topological polar surface area (TPSA) is 69.9 Å². The Balaban J connectivity index is 2.22. The third-order valence-electron chi connectivity index (χ3n) is 2.61. The maximum absolute atomic E-state index is 10.7. The first kappa shape index (κ1) is 14.1. The molecule has 0 spiro atoms. The van der Waals surface area contributed by atoms with E-state index in [2.05, 4.69) is 4.99 Å². The number of carbonyl (C=O) groups is 1. The van der Waals surface area contributed by atoms with Crippen molar-refractivity contribution in [3.8, 4) is 5.75 Å². The molecule has 0 amide bonds. The molecule has 0 heterocycles. The highest BCUT2D eigenvalue weighted by Crippen LogP contribution is 2.21. The van der Waals surface area contributed by atoms with Gasteiger partial charge in [-0.05, 0) is 35.9 Å². The lowest BCUT2D eigenvalue weighted by Crippen LogP contribution is -1.99. The summed E-state index contributed by atoms with van der Waals surface area (Å²) < 4.78 is 0. The molecule has 0 aromatic heterocycles. The van der Waals surface area contributed by atoms with Crippen LogP contribution in [0.5, 0.6) is 5.75 Å². The SMILES string of the molecule is O=C(O)Cc1cccc(N=Cc2cc(Cl)ccc2O)c1. The van der Waals surface area contributed by atoms with Crippen molar-refractivity contribution in [2.45, 2.75) is 6.42 Å². The lowest BCUT2D eigenvalue weighted by atomic mass is 10.1. The van der Waals surface area contributed by atoms with Gasteiger partial charge >= 0.3 is 5.97 Å².